The first-order chi connectivity index (χ1) is 17.3. The topological polar surface area (TPSA) is 69.9 Å². The number of aryl methyl sites for hydroxylation is 1. The lowest BCUT2D eigenvalue weighted by Crippen LogP contribution is -2.05. The number of aromatic nitrogens is 4. The standard InChI is InChI=1S/C26H18ClF3N4O2/c1-3-4-20-33-23-15(26(35)36-2)11-13(14-7-9-32-25(30)22(14)29)12-19(23)34(20)18-8-10-31-24-16(27)5-6-17(28)21(18)24/h5-12H,3-4H2,1-2H3. The predicted molar refractivity (Wildman–Crippen MR) is 130 cm³/mol. The number of halogens is 4. The molecule has 0 aliphatic rings. The minimum atomic E-state index is -1.27. The molecular weight excluding hydrogens is 493 g/mol. The molecule has 3 aromatic heterocycles. The van der Waals surface area contributed by atoms with Crippen LogP contribution in [-0.4, -0.2) is 32.6 Å². The van der Waals surface area contributed by atoms with Gasteiger partial charge in [0.25, 0.3) is 0 Å². The lowest BCUT2D eigenvalue weighted by Gasteiger charge is -2.14. The van der Waals surface area contributed by atoms with Crippen LogP contribution >= 0.6 is 11.6 Å². The zero-order valence-corrected chi connectivity index (χ0v) is 19.9. The molecule has 0 spiro atoms. The number of esters is 1. The highest BCUT2D eigenvalue weighted by molar-refractivity contribution is 6.35. The van der Waals surface area contributed by atoms with Crippen molar-refractivity contribution in [1.82, 2.24) is 19.5 Å². The minimum absolute atomic E-state index is 0.0505. The Bertz CT molecular complexity index is 1670. The van der Waals surface area contributed by atoms with Crippen LogP contribution < -0.4 is 0 Å². The van der Waals surface area contributed by atoms with Crippen LogP contribution in [0.5, 0.6) is 0 Å². The molecule has 10 heteroatoms. The van der Waals surface area contributed by atoms with Gasteiger partial charge < -0.3 is 4.74 Å². The van der Waals surface area contributed by atoms with Gasteiger partial charge >= 0.3 is 5.97 Å². The number of nitrogens with zero attached hydrogens (tertiary/aromatic N) is 4. The highest BCUT2D eigenvalue weighted by atomic mass is 35.5. The van der Waals surface area contributed by atoms with Gasteiger partial charge in [-0.3, -0.25) is 9.55 Å². The maximum Gasteiger partial charge on any atom is 0.340 e. The Hall–Kier alpha value is -3.98. The summed E-state index contributed by atoms with van der Waals surface area (Å²) in [6.45, 7) is 1.95. The number of imidazole rings is 1. The minimum Gasteiger partial charge on any atom is -0.465 e. The third kappa shape index (κ3) is 3.76. The summed E-state index contributed by atoms with van der Waals surface area (Å²) in [5, 5.41) is 0.424. The number of fused-ring (bicyclic) bond motifs is 2. The van der Waals surface area contributed by atoms with Crippen LogP contribution in [0.15, 0.2) is 48.8 Å². The van der Waals surface area contributed by atoms with E-state index in [1.54, 1.807) is 16.7 Å². The molecule has 5 aromatic rings. The van der Waals surface area contributed by atoms with Crippen molar-refractivity contribution in [3.8, 4) is 16.8 Å². The summed E-state index contributed by atoms with van der Waals surface area (Å²) >= 11 is 6.31. The van der Waals surface area contributed by atoms with Crippen LogP contribution in [0.2, 0.25) is 5.02 Å². The molecule has 0 atom stereocenters. The maximum atomic E-state index is 15.1. The lowest BCUT2D eigenvalue weighted by atomic mass is 10.0. The van der Waals surface area contributed by atoms with Gasteiger partial charge in [-0.1, -0.05) is 18.5 Å². The second-order valence-corrected chi connectivity index (χ2v) is 8.45. The van der Waals surface area contributed by atoms with E-state index in [4.69, 9.17) is 16.3 Å². The van der Waals surface area contributed by atoms with E-state index in [0.29, 0.717) is 29.9 Å². The number of hydrogen-bond donors (Lipinski definition) is 0. The molecule has 0 amide bonds. The van der Waals surface area contributed by atoms with Gasteiger partial charge in [0.15, 0.2) is 5.82 Å². The number of benzene rings is 2. The highest BCUT2D eigenvalue weighted by Crippen LogP contribution is 2.36. The van der Waals surface area contributed by atoms with E-state index in [0.717, 1.165) is 6.20 Å². The normalized spacial score (nSPS) is 11.4. The van der Waals surface area contributed by atoms with E-state index >= 15 is 4.39 Å². The molecule has 3 heterocycles. The van der Waals surface area contributed by atoms with E-state index in [1.165, 1.54) is 37.6 Å². The molecule has 0 saturated heterocycles. The monoisotopic (exact) mass is 510 g/mol. The van der Waals surface area contributed by atoms with E-state index in [-0.39, 0.29) is 38.1 Å². The van der Waals surface area contributed by atoms with E-state index in [9.17, 15) is 13.6 Å². The van der Waals surface area contributed by atoms with E-state index in [2.05, 4.69) is 15.0 Å². The number of methoxy groups -OCH3 is 1. The van der Waals surface area contributed by atoms with Crippen LogP contribution in [0.3, 0.4) is 0 Å². The lowest BCUT2D eigenvalue weighted by molar-refractivity contribution is 0.0603. The van der Waals surface area contributed by atoms with Crippen LogP contribution in [0.25, 0.3) is 38.8 Å². The number of rotatable bonds is 5. The molecule has 0 fully saturated rings. The number of carbonyl (C=O) groups is 1. The van der Waals surface area contributed by atoms with Crippen LogP contribution in [-0.2, 0) is 11.2 Å². The van der Waals surface area contributed by atoms with Gasteiger partial charge in [0.2, 0.25) is 5.95 Å². The first-order valence-corrected chi connectivity index (χ1v) is 11.4. The fraction of sp³-hybridized carbons (Fsp3) is 0.154. The van der Waals surface area contributed by atoms with Crippen molar-refractivity contribution in [3.63, 3.8) is 0 Å². The van der Waals surface area contributed by atoms with Crippen molar-refractivity contribution in [1.29, 1.82) is 0 Å². The highest BCUT2D eigenvalue weighted by Gasteiger charge is 2.24. The largest absolute Gasteiger partial charge is 0.465 e. The predicted octanol–water partition coefficient (Wildman–Crippen LogP) is 6.45. The average molecular weight is 511 g/mol. The second kappa shape index (κ2) is 9.23. The molecule has 182 valence electrons. The molecule has 0 aliphatic carbocycles. The van der Waals surface area contributed by atoms with Crippen molar-refractivity contribution in [2.24, 2.45) is 0 Å². The van der Waals surface area contributed by atoms with Crippen molar-refractivity contribution >= 4 is 39.5 Å². The van der Waals surface area contributed by atoms with Crippen LogP contribution in [0.1, 0.15) is 29.5 Å². The van der Waals surface area contributed by atoms with Crippen molar-refractivity contribution in [2.45, 2.75) is 19.8 Å². The molecule has 36 heavy (non-hydrogen) atoms. The van der Waals surface area contributed by atoms with Crippen molar-refractivity contribution in [2.75, 3.05) is 7.11 Å². The third-order valence-electron chi connectivity index (χ3n) is 5.88. The van der Waals surface area contributed by atoms with Gasteiger partial charge in [0.1, 0.15) is 17.2 Å². The fourth-order valence-corrected chi connectivity index (χ4v) is 4.52. The SMILES string of the molecule is CCCc1nc2c(C(=O)OC)cc(-c3ccnc(F)c3F)cc2n1-c1ccnc2c(Cl)ccc(F)c12. The van der Waals surface area contributed by atoms with E-state index in [1.807, 2.05) is 6.92 Å². The summed E-state index contributed by atoms with van der Waals surface area (Å²) in [6.07, 6.45) is 3.80. The van der Waals surface area contributed by atoms with Gasteiger partial charge in [0.05, 0.1) is 39.8 Å². The Balaban J connectivity index is 1.94. The summed E-state index contributed by atoms with van der Waals surface area (Å²) < 4.78 is 50.4. The van der Waals surface area contributed by atoms with Gasteiger partial charge in [0, 0.05) is 24.4 Å². The van der Waals surface area contributed by atoms with Gasteiger partial charge in [-0.05, 0) is 48.4 Å². The first-order valence-electron chi connectivity index (χ1n) is 11.0. The molecule has 5 rings (SSSR count). The molecule has 0 N–H and O–H groups in total. The first kappa shape index (κ1) is 23.7. The molecule has 2 aromatic carbocycles. The average Bonchev–Trinajstić information content (AvgIpc) is 3.24. The summed E-state index contributed by atoms with van der Waals surface area (Å²) in [5.41, 5.74) is 1.44. The molecule has 6 nitrogen and oxygen atoms in total. The Labute approximate surface area is 208 Å². The smallest absolute Gasteiger partial charge is 0.340 e. The number of hydrogen-bond acceptors (Lipinski definition) is 5. The quantitative estimate of drug-likeness (QED) is 0.201. The molecule has 0 saturated carbocycles. The van der Waals surface area contributed by atoms with E-state index < -0.39 is 23.6 Å². The molecule has 0 aliphatic heterocycles. The summed E-state index contributed by atoms with van der Waals surface area (Å²) in [5.74, 6) is -3.17. The van der Waals surface area contributed by atoms with Gasteiger partial charge in [-0.15, -0.1) is 0 Å². The number of carbonyl (C=O) groups excluding carboxylic acids is 1. The summed E-state index contributed by atoms with van der Waals surface area (Å²) in [4.78, 5) is 25.0. The van der Waals surface area contributed by atoms with Crippen molar-refractivity contribution < 1.29 is 22.7 Å². The Kier molecular flexibility index (Phi) is 6.09. The number of pyridine rings is 2. The van der Waals surface area contributed by atoms with Gasteiger partial charge in [-0.25, -0.2) is 23.5 Å². The molecule has 0 unspecified atom stereocenters. The second-order valence-electron chi connectivity index (χ2n) is 8.04. The van der Waals surface area contributed by atoms with Crippen LogP contribution in [0.4, 0.5) is 13.2 Å². The Morgan fingerprint density at radius 3 is 2.58 bits per heavy atom. The van der Waals surface area contributed by atoms with Gasteiger partial charge in [-0.2, -0.15) is 4.39 Å². The maximum absolute atomic E-state index is 15.1. The molecular formula is C26H18ClF3N4O2. The molecule has 0 bridgehead atoms. The third-order valence-corrected chi connectivity index (χ3v) is 6.18. The number of ether oxygens (including phenoxy) is 1. The summed E-state index contributed by atoms with van der Waals surface area (Å²) in [6, 6.07) is 8.54. The molecule has 0 radical (unpaired) electrons. The van der Waals surface area contributed by atoms with Crippen molar-refractivity contribution in [3.05, 3.63) is 82.8 Å². The Morgan fingerprint density at radius 2 is 1.83 bits per heavy atom. The fourth-order valence-electron chi connectivity index (χ4n) is 4.31. The summed E-state index contributed by atoms with van der Waals surface area (Å²) in [7, 11) is 1.21. The zero-order chi connectivity index (χ0) is 25.6. The zero-order valence-electron chi connectivity index (χ0n) is 19.2. The van der Waals surface area contributed by atoms with Crippen LogP contribution in [0, 0.1) is 17.6 Å². The Morgan fingerprint density at radius 1 is 1.06 bits per heavy atom.